The van der Waals surface area contributed by atoms with Crippen molar-refractivity contribution < 1.29 is 14.3 Å². The van der Waals surface area contributed by atoms with E-state index in [9.17, 15) is 9.59 Å². The average molecular weight is 512 g/mol. The molecule has 2 fully saturated rings. The first-order chi connectivity index (χ1) is 16.1. The second-order valence-corrected chi connectivity index (χ2v) is 11.8. The summed E-state index contributed by atoms with van der Waals surface area (Å²) in [6, 6.07) is 4.59. The number of hydrogen-bond acceptors (Lipinski definition) is 3. The molecule has 3 atom stereocenters. The van der Waals surface area contributed by atoms with Crippen LogP contribution in [0.25, 0.3) is 0 Å². The van der Waals surface area contributed by atoms with Gasteiger partial charge in [-0.25, -0.2) is 4.79 Å². The average Bonchev–Trinajstić information content (AvgIpc) is 2.79. The first-order valence-corrected chi connectivity index (χ1v) is 13.5. The molecule has 2 aliphatic rings. The van der Waals surface area contributed by atoms with Crippen LogP contribution in [0.4, 0.5) is 4.79 Å². The smallest absolute Gasteiger partial charge is 0.408 e. The van der Waals surface area contributed by atoms with Gasteiger partial charge in [0, 0.05) is 19.5 Å². The normalized spacial score (nSPS) is 22.8. The Bertz CT molecular complexity index is 849. The minimum atomic E-state index is -0.726. The van der Waals surface area contributed by atoms with Gasteiger partial charge in [0.25, 0.3) is 0 Å². The highest BCUT2D eigenvalue weighted by Gasteiger charge is 2.37. The Balaban J connectivity index is 1.73. The number of amides is 2. The van der Waals surface area contributed by atoms with Gasteiger partial charge in [0.15, 0.2) is 0 Å². The fourth-order valence-corrected chi connectivity index (χ4v) is 5.96. The van der Waals surface area contributed by atoms with Crippen LogP contribution in [-0.2, 0) is 16.0 Å². The van der Waals surface area contributed by atoms with E-state index in [2.05, 4.69) is 12.2 Å². The number of benzene rings is 1. The van der Waals surface area contributed by atoms with Gasteiger partial charge in [0.1, 0.15) is 11.6 Å². The molecule has 0 bridgehead atoms. The molecular weight excluding hydrogens is 471 g/mol. The minimum absolute atomic E-state index is 0.0579. The van der Waals surface area contributed by atoms with Crippen LogP contribution in [0.15, 0.2) is 18.2 Å². The Kier molecular flexibility index (Phi) is 9.57. The van der Waals surface area contributed by atoms with Crippen molar-refractivity contribution in [3.63, 3.8) is 0 Å². The van der Waals surface area contributed by atoms with Crippen molar-refractivity contribution in [2.75, 3.05) is 13.1 Å². The predicted molar refractivity (Wildman–Crippen MR) is 138 cm³/mol. The van der Waals surface area contributed by atoms with Gasteiger partial charge < -0.3 is 15.0 Å². The van der Waals surface area contributed by atoms with E-state index in [0.717, 1.165) is 37.4 Å². The Hall–Kier alpha value is -1.46. The van der Waals surface area contributed by atoms with Gasteiger partial charge in [-0.3, -0.25) is 4.79 Å². The minimum Gasteiger partial charge on any atom is -0.444 e. The number of nitrogens with one attached hydrogen (secondary N) is 1. The maximum absolute atomic E-state index is 13.7. The molecule has 1 N–H and O–H groups in total. The molecule has 2 unspecified atom stereocenters. The molecule has 1 aliphatic heterocycles. The number of carbonyl (C=O) groups excluding carboxylic acids is 2. The number of likely N-dealkylation sites (tertiary alicyclic amines) is 1. The lowest BCUT2D eigenvalue weighted by molar-refractivity contribution is -0.136. The Morgan fingerprint density at radius 1 is 1.12 bits per heavy atom. The molecule has 34 heavy (non-hydrogen) atoms. The molecule has 0 spiro atoms. The van der Waals surface area contributed by atoms with E-state index in [4.69, 9.17) is 27.9 Å². The third kappa shape index (κ3) is 7.52. The maximum atomic E-state index is 13.7. The molecule has 1 saturated heterocycles. The second kappa shape index (κ2) is 12.0. The quantitative estimate of drug-likeness (QED) is 0.453. The lowest BCUT2D eigenvalue weighted by atomic mass is 9.70. The number of nitrogens with zero attached hydrogens (tertiary/aromatic N) is 1. The summed E-state index contributed by atoms with van der Waals surface area (Å²) in [5, 5.41) is 3.73. The molecule has 1 aliphatic carbocycles. The van der Waals surface area contributed by atoms with E-state index in [1.807, 2.05) is 31.7 Å². The fourth-order valence-electron chi connectivity index (χ4n) is 5.64. The first kappa shape index (κ1) is 27.1. The molecule has 1 heterocycles. The number of halogens is 2. The van der Waals surface area contributed by atoms with Crippen LogP contribution in [0.2, 0.25) is 10.0 Å². The molecule has 0 radical (unpaired) electrons. The third-order valence-corrected chi connectivity index (χ3v) is 8.04. The predicted octanol–water partition coefficient (Wildman–Crippen LogP) is 6.88. The topological polar surface area (TPSA) is 58.6 Å². The number of hydrogen-bond donors (Lipinski definition) is 1. The van der Waals surface area contributed by atoms with Crippen molar-refractivity contribution >= 4 is 35.2 Å². The van der Waals surface area contributed by atoms with Gasteiger partial charge in [-0.2, -0.15) is 0 Å². The lowest BCUT2D eigenvalue weighted by Crippen LogP contribution is -2.54. The van der Waals surface area contributed by atoms with Crippen LogP contribution >= 0.6 is 23.2 Å². The highest BCUT2D eigenvalue weighted by molar-refractivity contribution is 6.42. The maximum Gasteiger partial charge on any atom is 0.408 e. The van der Waals surface area contributed by atoms with Crippen molar-refractivity contribution in [3.05, 3.63) is 33.8 Å². The summed E-state index contributed by atoms with van der Waals surface area (Å²) >= 11 is 12.3. The van der Waals surface area contributed by atoms with Gasteiger partial charge in [-0.05, 0) is 62.6 Å². The molecule has 3 rings (SSSR count). The van der Waals surface area contributed by atoms with Crippen LogP contribution in [0.5, 0.6) is 0 Å². The van der Waals surface area contributed by atoms with Crippen molar-refractivity contribution in [3.8, 4) is 0 Å². The zero-order chi connectivity index (χ0) is 24.9. The molecular formula is C27H40Cl2N2O3. The molecule has 1 aromatic carbocycles. The van der Waals surface area contributed by atoms with Crippen LogP contribution in [0.1, 0.15) is 78.2 Å². The summed E-state index contributed by atoms with van der Waals surface area (Å²) in [6.45, 7) is 9.16. The molecule has 5 nitrogen and oxygen atoms in total. The summed E-state index contributed by atoms with van der Waals surface area (Å²) < 4.78 is 5.46. The number of rotatable bonds is 6. The van der Waals surface area contributed by atoms with Gasteiger partial charge in [-0.15, -0.1) is 0 Å². The molecule has 0 aromatic heterocycles. The summed E-state index contributed by atoms with van der Waals surface area (Å²) in [7, 11) is 0. The monoisotopic (exact) mass is 510 g/mol. The summed E-state index contributed by atoms with van der Waals surface area (Å²) in [5.41, 5.74) is 0.195. The van der Waals surface area contributed by atoms with E-state index >= 15 is 0 Å². The molecule has 1 saturated carbocycles. The van der Waals surface area contributed by atoms with Gasteiger partial charge in [-0.1, -0.05) is 74.7 Å². The van der Waals surface area contributed by atoms with E-state index in [0.29, 0.717) is 28.3 Å². The molecule has 7 heteroatoms. The van der Waals surface area contributed by atoms with Crippen LogP contribution in [0, 0.1) is 17.8 Å². The van der Waals surface area contributed by atoms with Crippen molar-refractivity contribution in [1.29, 1.82) is 0 Å². The molecule has 2 amide bonds. The van der Waals surface area contributed by atoms with E-state index in [1.54, 1.807) is 12.1 Å². The van der Waals surface area contributed by atoms with E-state index in [1.165, 1.54) is 32.1 Å². The van der Waals surface area contributed by atoms with Gasteiger partial charge in [0.05, 0.1) is 10.0 Å². The van der Waals surface area contributed by atoms with Crippen molar-refractivity contribution in [1.82, 2.24) is 10.2 Å². The standard InChI is InChI=1S/C27H40Cl2N2O3/c1-5-19-17-31(14-13-21(19)20-9-7-6-8-10-20)25(32)24(30-26(33)34-27(2,3)4)16-18-11-12-22(28)23(29)15-18/h11-12,15,19-21,24H,5-10,13-14,16-17H2,1-4H3,(H,30,33)/t19?,21?,24-/m1/s1. The Morgan fingerprint density at radius 3 is 2.44 bits per heavy atom. The van der Waals surface area contributed by atoms with Gasteiger partial charge >= 0.3 is 6.09 Å². The first-order valence-electron chi connectivity index (χ1n) is 12.8. The van der Waals surface area contributed by atoms with Crippen molar-refractivity contribution in [2.45, 2.75) is 90.7 Å². The zero-order valence-electron chi connectivity index (χ0n) is 21.0. The number of piperidine rings is 1. The Labute approximate surface area is 214 Å². The lowest BCUT2D eigenvalue weighted by Gasteiger charge is -2.44. The summed E-state index contributed by atoms with van der Waals surface area (Å²) in [6.07, 6.45) is 8.55. The summed E-state index contributed by atoms with van der Waals surface area (Å²) in [5.74, 6) is 1.94. The van der Waals surface area contributed by atoms with Crippen LogP contribution < -0.4 is 5.32 Å². The fraction of sp³-hybridized carbons (Fsp3) is 0.704. The number of ether oxygens (including phenoxy) is 1. The number of alkyl carbamates (subject to hydrolysis) is 1. The molecule has 1 aromatic rings. The number of carbonyl (C=O) groups is 2. The molecule has 190 valence electrons. The third-order valence-electron chi connectivity index (χ3n) is 7.30. The highest BCUT2D eigenvalue weighted by Crippen LogP contribution is 2.40. The largest absolute Gasteiger partial charge is 0.444 e. The summed E-state index contributed by atoms with van der Waals surface area (Å²) in [4.78, 5) is 28.2. The van der Waals surface area contributed by atoms with Crippen LogP contribution in [0.3, 0.4) is 0 Å². The van der Waals surface area contributed by atoms with Crippen molar-refractivity contribution in [2.24, 2.45) is 17.8 Å². The van der Waals surface area contributed by atoms with Crippen LogP contribution in [-0.4, -0.2) is 41.6 Å². The zero-order valence-corrected chi connectivity index (χ0v) is 22.6. The van der Waals surface area contributed by atoms with Gasteiger partial charge in [0.2, 0.25) is 5.91 Å². The van der Waals surface area contributed by atoms with E-state index < -0.39 is 17.7 Å². The second-order valence-electron chi connectivity index (χ2n) is 11.0. The highest BCUT2D eigenvalue weighted by atomic mass is 35.5. The van der Waals surface area contributed by atoms with E-state index in [-0.39, 0.29) is 5.91 Å². The Morgan fingerprint density at radius 2 is 1.82 bits per heavy atom. The SMILES string of the molecule is CCC1CN(C(=O)[C@@H](Cc2ccc(Cl)c(Cl)c2)NC(=O)OC(C)(C)C)CCC1C1CCCCC1.